The van der Waals surface area contributed by atoms with Gasteiger partial charge in [0.2, 0.25) is 11.9 Å². The van der Waals surface area contributed by atoms with Gasteiger partial charge >= 0.3 is 5.97 Å². The summed E-state index contributed by atoms with van der Waals surface area (Å²) in [4.78, 5) is 30.3. The van der Waals surface area contributed by atoms with Gasteiger partial charge in [0, 0.05) is 18.3 Å². The highest BCUT2D eigenvalue weighted by Crippen LogP contribution is 2.31. The van der Waals surface area contributed by atoms with Crippen LogP contribution >= 0.6 is 0 Å². The molecule has 1 saturated carbocycles. The number of hydrogen-bond acceptors (Lipinski definition) is 4. The Labute approximate surface area is 98.1 Å². The average molecular weight is 235 g/mol. The summed E-state index contributed by atoms with van der Waals surface area (Å²) in [5.41, 5.74) is 0. The minimum absolute atomic E-state index is 0.194. The molecular formula is C11H13N3O3. The third-order valence-corrected chi connectivity index (χ3v) is 2.95. The zero-order chi connectivity index (χ0) is 12.3. The van der Waals surface area contributed by atoms with Crippen LogP contribution in [0.1, 0.15) is 19.3 Å². The molecule has 1 aliphatic carbocycles. The van der Waals surface area contributed by atoms with E-state index in [1.54, 1.807) is 6.07 Å². The van der Waals surface area contributed by atoms with Crippen LogP contribution < -0.4 is 5.32 Å². The Morgan fingerprint density at radius 1 is 1.24 bits per heavy atom. The predicted molar refractivity (Wildman–Crippen MR) is 59.1 cm³/mol. The monoisotopic (exact) mass is 235 g/mol. The highest BCUT2D eigenvalue weighted by molar-refractivity contribution is 5.91. The van der Waals surface area contributed by atoms with Crippen LogP contribution in [0.3, 0.4) is 0 Å². The van der Waals surface area contributed by atoms with Crippen LogP contribution in [-0.4, -0.2) is 27.0 Å². The molecular weight excluding hydrogens is 222 g/mol. The lowest BCUT2D eigenvalue weighted by molar-refractivity contribution is -0.141. The smallest absolute Gasteiger partial charge is 0.306 e. The second kappa shape index (κ2) is 4.90. The number of amides is 1. The van der Waals surface area contributed by atoms with Gasteiger partial charge in [0.1, 0.15) is 0 Å². The summed E-state index contributed by atoms with van der Waals surface area (Å²) in [6.07, 6.45) is 4.64. The molecule has 0 spiro atoms. The van der Waals surface area contributed by atoms with Gasteiger partial charge < -0.3 is 5.11 Å². The second-order valence-electron chi connectivity index (χ2n) is 4.11. The summed E-state index contributed by atoms with van der Waals surface area (Å²) in [6, 6.07) is 1.66. The number of aliphatic carboxylic acids is 1. The van der Waals surface area contributed by atoms with Gasteiger partial charge in [-0.1, -0.05) is 0 Å². The molecule has 0 unspecified atom stereocenters. The lowest BCUT2D eigenvalue weighted by atomic mass is 10.0. The molecule has 1 heterocycles. The minimum atomic E-state index is -0.823. The van der Waals surface area contributed by atoms with Crippen molar-refractivity contribution in [2.24, 2.45) is 11.8 Å². The van der Waals surface area contributed by atoms with E-state index in [9.17, 15) is 9.59 Å². The van der Waals surface area contributed by atoms with Crippen molar-refractivity contribution in [1.82, 2.24) is 9.97 Å². The minimum Gasteiger partial charge on any atom is -0.481 e. The van der Waals surface area contributed by atoms with E-state index in [-0.39, 0.29) is 17.8 Å². The summed E-state index contributed by atoms with van der Waals surface area (Å²) in [7, 11) is 0. The van der Waals surface area contributed by atoms with Crippen LogP contribution in [0.15, 0.2) is 18.5 Å². The van der Waals surface area contributed by atoms with E-state index in [2.05, 4.69) is 15.3 Å². The fourth-order valence-corrected chi connectivity index (χ4v) is 2.02. The quantitative estimate of drug-likeness (QED) is 0.812. The Hall–Kier alpha value is -1.98. The molecule has 90 valence electrons. The first kappa shape index (κ1) is 11.5. The van der Waals surface area contributed by atoms with Crippen molar-refractivity contribution >= 4 is 17.8 Å². The lowest BCUT2D eigenvalue weighted by Crippen LogP contribution is -2.22. The Balaban J connectivity index is 1.92. The maximum atomic E-state index is 11.8. The van der Waals surface area contributed by atoms with Crippen molar-refractivity contribution in [3.63, 3.8) is 0 Å². The summed E-state index contributed by atoms with van der Waals surface area (Å²) >= 11 is 0. The van der Waals surface area contributed by atoms with Crippen molar-refractivity contribution in [2.75, 3.05) is 5.32 Å². The van der Waals surface area contributed by atoms with E-state index >= 15 is 0 Å². The van der Waals surface area contributed by atoms with E-state index in [1.165, 1.54) is 12.4 Å². The SMILES string of the molecule is O=C(O)[C@H]1CC[C@@H](C(=O)Nc2ncccn2)C1. The fraction of sp³-hybridized carbons (Fsp3) is 0.455. The molecule has 1 aromatic rings. The van der Waals surface area contributed by atoms with E-state index in [0.717, 1.165) is 0 Å². The highest BCUT2D eigenvalue weighted by atomic mass is 16.4. The molecule has 0 bridgehead atoms. The topological polar surface area (TPSA) is 92.2 Å². The molecule has 0 radical (unpaired) electrons. The molecule has 0 aliphatic heterocycles. The molecule has 6 nitrogen and oxygen atoms in total. The van der Waals surface area contributed by atoms with E-state index < -0.39 is 11.9 Å². The highest BCUT2D eigenvalue weighted by Gasteiger charge is 2.33. The van der Waals surface area contributed by atoms with Gasteiger partial charge in [-0.2, -0.15) is 0 Å². The number of nitrogens with one attached hydrogen (secondary N) is 1. The van der Waals surface area contributed by atoms with E-state index in [4.69, 9.17) is 5.11 Å². The number of carboxylic acid groups (broad SMARTS) is 1. The second-order valence-corrected chi connectivity index (χ2v) is 4.11. The van der Waals surface area contributed by atoms with Crippen LogP contribution in [-0.2, 0) is 9.59 Å². The number of hydrogen-bond donors (Lipinski definition) is 2. The molecule has 1 aromatic heterocycles. The van der Waals surface area contributed by atoms with Gasteiger partial charge in [0.05, 0.1) is 5.92 Å². The number of carbonyl (C=O) groups excluding carboxylic acids is 1. The molecule has 0 saturated heterocycles. The maximum Gasteiger partial charge on any atom is 0.306 e. The maximum absolute atomic E-state index is 11.8. The molecule has 2 atom stereocenters. The van der Waals surface area contributed by atoms with Gasteiger partial charge in [-0.15, -0.1) is 0 Å². The third kappa shape index (κ3) is 2.77. The summed E-state index contributed by atoms with van der Waals surface area (Å²) < 4.78 is 0. The Kier molecular flexibility index (Phi) is 3.32. The van der Waals surface area contributed by atoms with Crippen LogP contribution in [0.2, 0.25) is 0 Å². The van der Waals surface area contributed by atoms with Gasteiger partial charge in [-0.3, -0.25) is 14.9 Å². The van der Waals surface area contributed by atoms with Crippen LogP contribution in [0.5, 0.6) is 0 Å². The number of rotatable bonds is 3. The van der Waals surface area contributed by atoms with Gasteiger partial charge in [0.15, 0.2) is 0 Å². The van der Waals surface area contributed by atoms with E-state index in [0.29, 0.717) is 19.3 Å². The van der Waals surface area contributed by atoms with Crippen molar-refractivity contribution in [2.45, 2.75) is 19.3 Å². The zero-order valence-electron chi connectivity index (χ0n) is 9.17. The van der Waals surface area contributed by atoms with Gasteiger partial charge in [0.25, 0.3) is 0 Å². The number of anilines is 1. The Morgan fingerprint density at radius 3 is 2.47 bits per heavy atom. The predicted octanol–water partition coefficient (Wildman–Crippen LogP) is 0.916. The van der Waals surface area contributed by atoms with Crippen molar-refractivity contribution < 1.29 is 14.7 Å². The Morgan fingerprint density at radius 2 is 1.88 bits per heavy atom. The molecule has 17 heavy (non-hydrogen) atoms. The zero-order valence-corrected chi connectivity index (χ0v) is 9.17. The number of aromatic nitrogens is 2. The first-order chi connectivity index (χ1) is 8.16. The molecule has 1 amide bonds. The van der Waals surface area contributed by atoms with E-state index in [1.807, 2.05) is 0 Å². The molecule has 1 aliphatic rings. The summed E-state index contributed by atoms with van der Waals surface area (Å²) in [5.74, 6) is -1.41. The fourth-order valence-electron chi connectivity index (χ4n) is 2.02. The van der Waals surface area contributed by atoms with Crippen molar-refractivity contribution in [1.29, 1.82) is 0 Å². The Bertz CT molecular complexity index is 421. The molecule has 0 aromatic carbocycles. The largest absolute Gasteiger partial charge is 0.481 e. The van der Waals surface area contributed by atoms with Gasteiger partial charge in [-0.05, 0) is 25.3 Å². The molecule has 2 rings (SSSR count). The molecule has 1 fully saturated rings. The average Bonchev–Trinajstić information content (AvgIpc) is 2.79. The van der Waals surface area contributed by atoms with Crippen LogP contribution in [0.4, 0.5) is 5.95 Å². The number of nitrogens with zero attached hydrogens (tertiary/aromatic N) is 2. The van der Waals surface area contributed by atoms with Crippen molar-refractivity contribution in [3.8, 4) is 0 Å². The number of carbonyl (C=O) groups is 2. The first-order valence-electron chi connectivity index (χ1n) is 5.47. The molecule has 2 N–H and O–H groups in total. The molecule has 6 heteroatoms. The summed E-state index contributed by atoms with van der Waals surface area (Å²) in [6.45, 7) is 0. The number of carboxylic acids is 1. The summed E-state index contributed by atoms with van der Waals surface area (Å²) in [5, 5.41) is 11.4. The normalized spacial score (nSPS) is 23.3. The third-order valence-electron chi connectivity index (χ3n) is 2.95. The van der Waals surface area contributed by atoms with Gasteiger partial charge in [-0.25, -0.2) is 9.97 Å². The first-order valence-corrected chi connectivity index (χ1v) is 5.47. The van der Waals surface area contributed by atoms with Crippen LogP contribution in [0, 0.1) is 11.8 Å². The van der Waals surface area contributed by atoms with Crippen LogP contribution in [0.25, 0.3) is 0 Å². The lowest BCUT2D eigenvalue weighted by Gasteiger charge is -2.08. The standard InChI is InChI=1S/C11H13N3O3/c15-9(14-11-12-4-1-5-13-11)7-2-3-8(6-7)10(16)17/h1,4-5,7-8H,2-3,6H2,(H,16,17)(H,12,13,14,15)/t7-,8+/m1/s1. The van der Waals surface area contributed by atoms with Crippen molar-refractivity contribution in [3.05, 3.63) is 18.5 Å².